The third-order valence-electron chi connectivity index (χ3n) is 6.49. The predicted molar refractivity (Wildman–Crippen MR) is 142 cm³/mol. The first-order chi connectivity index (χ1) is 18.5. The standard InChI is InChI=1S/C27H28FN7O3/c28-8-13-38-20-14-21(24(31-16-20)22-17-32-33-26(22)29)19-6-7-23(30-15-19)34-9-11-35(12-10-34)27(37)25(36)18-4-2-1-3-5-18/h1-7,14-17,25,31,36H,8-13H2,(H2,29,33)/b24-22-. The molecular weight excluding hydrogens is 489 g/mol. The zero-order valence-corrected chi connectivity index (χ0v) is 20.6. The fraction of sp³-hybridized carbons (Fsp3) is 0.259. The Morgan fingerprint density at radius 2 is 1.95 bits per heavy atom. The van der Waals surface area contributed by atoms with Crippen LogP contribution in [-0.4, -0.2) is 72.4 Å². The highest BCUT2D eigenvalue weighted by atomic mass is 19.1. The van der Waals surface area contributed by atoms with E-state index in [1.165, 1.54) is 0 Å². The van der Waals surface area contributed by atoms with Gasteiger partial charge in [0.15, 0.2) is 6.10 Å². The topological polar surface area (TPSA) is 126 Å². The molecule has 10 nitrogen and oxygen atoms in total. The zero-order valence-electron chi connectivity index (χ0n) is 20.6. The van der Waals surface area contributed by atoms with Gasteiger partial charge in [0.05, 0.1) is 17.5 Å². The van der Waals surface area contributed by atoms with Gasteiger partial charge >= 0.3 is 0 Å². The van der Waals surface area contributed by atoms with E-state index in [1.54, 1.807) is 53.9 Å². The summed E-state index contributed by atoms with van der Waals surface area (Å²) >= 11 is 0. The van der Waals surface area contributed by atoms with Crippen molar-refractivity contribution in [3.63, 3.8) is 0 Å². The largest absolute Gasteiger partial charge is 0.489 e. The monoisotopic (exact) mass is 517 g/mol. The molecule has 38 heavy (non-hydrogen) atoms. The summed E-state index contributed by atoms with van der Waals surface area (Å²) in [5.41, 5.74) is 5.97. The van der Waals surface area contributed by atoms with Crippen molar-refractivity contribution in [3.05, 3.63) is 89.1 Å². The second-order valence-corrected chi connectivity index (χ2v) is 8.85. The highest BCUT2D eigenvalue weighted by Crippen LogP contribution is 2.30. The third kappa shape index (κ3) is 5.28. The molecule has 1 aromatic heterocycles. The molecule has 11 heteroatoms. The molecule has 2 aromatic rings. The molecule has 4 N–H and O–H groups in total. The number of dihydropyridines is 1. The molecule has 3 aliphatic heterocycles. The van der Waals surface area contributed by atoms with Crippen LogP contribution >= 0.6 is 0 Å². The van der Waals surface area contributed by atoms with Gasteiger partial charge in [-0.2, -0.15) is 5.10 Å². The summed E-state index contributed by atoms with van der Waals surface area (Å²) in [6.45, 7) is 1.47. The number of aromatic nitrogens is 1. The number of nitrogens with one attached hydrogen (secondary N) is 3. The number of halogens is 1. The number of aliphatic hydroxyl groups is 1. The number of carbonyl (C=O) groups is 1. The Hall–Kier alpha value is -4.51. The molecule has 1 fully saturated rings. The van der Waals surface area contributed by atoms with Crippen LogP contribution in [0.2, 0.25) is 0 Å². The number of anilines is 1. The Morgan fingerprint density at radius 1 is 1.16 bits per heavy atom. The number of piperazine rings is 1. The maximum atomic E-state index is 12.8. The first kappa shape index (κ1) is 25.2. The Kier molecular flexibility index (Phi) is 7.45. The number of rotatable bonds is 7. The van der Waals surface area contributed by atoms with E-state index in [-0.39, 0.29) is 18.3 Å². The molecule has 0 spiro atoms. The second kappa shape index (κ2) is 11.3. The summed E-state index contributed by atoms with van der Waals surface area (Å²) in [4.78, 5) is 21.2. The Balaban J connectivity index is 1.28. The van der Waals surface area contributed by atoms with Crippen molar-refractivity contribution in [2.75, 3.05) is 44.4 Å². The fourth-order valence-corrected chi connectivity index (χ4v) is 4.48. The number of allylic oxidation sites excluding steroid dienone is 2. The van der Waals surface area contributed by atoms with Crippen molar-refractivity contribution >= 4 is 29.3 Å². The highest BCUT2D eigenvalue weighted by molar-refractivity contribution is 6.19. The molecule has 0 saturated carbocycles. The molecule has 1 aromatic carbocycles. The van der Waals surface area contributed by atoms with Crippen LogP contribution in [0, 0.1) is 5.41 Å². The summed E-state index contributed by atoms with van der Waals surface area (Å²) in [5.74, 6) is 1.10. The van der Waals surface area contributed by atoms with Gasteiger partial charge in [0.1, 0.15) is 30.7 Å². The number of nitrogens with zero attached hydrogens (tertiary/aromatic N) is 4. The molecule has 1 unspecified atom stereocenters. The minimum atomic E-state index is -1.17. The number of aliphatic hydroxyl groups excluding tert-OH is 1. The number of benzene rings is 1. The Bertz CT molecular complexity index is 1310. The maximum absolute atomic E-state index is 12.8. The summed E-state index contributed by atoms with van der Waals surface area (Å²) in [7, 11) is 0. The average Bonchev–Trinajstić information content (AvgIpc) is 3.41. The Labute approximate surface area is 219 Å². The second-order valence-electron chi connectivity index (χ2n) is 8.85. The van der Waals surface area contributed by atoms with Gasteiger partial charge in [-0.1, -0.05) is 30.3 Å². The lowest BCUT2D eigenvalue weighted by molar-refractivity contribution is -0.140. The summed E-state index contributed by atoms with van der Waals surface area (Å²) in [5, 5.41) is 25.7. The molecule has 0 radical (unpaired) electrons. The summed E-state index contributed by atoms with van der Waals surface area (Å²) in [6.07, 6.45) is 5.54. The molecule has 196 valence electrons. The van der Waals surface area contributed by atoms with Crippen molar-refractivity contribution in [1.29, 1.82) is 5.41 Å². The SMILES string of the molecule is N=C1NN=C/C1=C1/NC=C(OCCF)C=C1c1ccc(N2CCN(C(=O)C(O)c3ccccc3)CC2)nc1. The van der Waals surface area contributed by atoms with E-state index in [1.807, 2.05) is 18.2 Å². The van der Waals surface area contributed by atoms with E-state index in [9.17, 15) is 14.3 Å². The smallest absolute Gasteiger partial charge is 0.256 e. The van der Waals surface area contributed by atoms with Crippen molar-refractivity contribution in [2.45, 2.75) is 6.10 Å². The first-order valence-electron chi connectivity index (χ1n) is 12.3. The van der Waals surface area contributed by atoms with E-state index < -0.39 is 12.8 Å². The van der Waals surface area contributed by atoms with Crippen molar-refractivity contribution in [3.8, 4) is 0 Å². The number of alkyl halides is 1. The van der Waals surface area contributed by atoms with Gasteiger partial charge in [-0.3, -0.25) is 15.6 Å². The van der Waals surface area contributed by atoms with E-state index in [0.717, 1.165) is 17.0 Å². The van der Waals surface area contributed by atoms with Gasteiger partial charge in [0.2, 0.25) is 0 Å². The van der Waals surface area contributed by atoms with Gasteiger partial charge < -0.3 is 25.0 Å². The van der Waals surface area contributed by atoms with Gasteiger partial charge in [-0.15, -0.1) is 0 Å². The Morgan fingerprint density at radius 3 is 2.61 bits per heavy atom. The molecule has 0 bridgehead atoms. The van der Waals surface area contributed by atoms with Crippen LogP contribution in [0.15, 0.2) is 83.1 Å². The lowest BCUT2D eigenvalue weighted by atomic mass is 9.97. The van der Waals surface area contributed by atoms with Crippen molar-refractivity contribution in [1.82, 2.24) is 20.6 Å². The zero-order chi connectivity index (χ0) is 26.5. The summed E-state index contributed by atoms with van der Waals surface area (Å²) in [6, 6.07) is 12.8. The molecule has 1 atom stereocenters. The van der Waals surface area contributed by atoms with Crippen LogP contribution in [-0.2, 0) is 9.53 Å². The molecule has 4 heterocycles. The molecule has 1 amide bonds. The molecule has 0 aliphatic carbocycles. The number of carbonyl (C=O) groups excluding carboxylic acids is 1. The number of hydrogen-bond acceptors (Lipinski definition) is 8. The van der Waals surface area contributed by atoms with Crippen LogP contribution < -0.4 is 15.6 Å². The number of pyridine rings is 1. The fourth-order valence-electron chi connectivity index (χ4n) is 4.48. The minimum Gasteiger partial charge on any atom is -0.489 e. The highest BCUT2D eigenvalue weighted by Gasteiger charge is 2.28. The van der Waals surface area contributed by atoms with Crippen LogP contribution in [0.1, 0.15) is 17.2 Å². The van der Waals surface area contributed by atoms with Gasteiger partial charge in [-0.25, -0.2) is 9.37 Å². The van der Waals surface area contributed by atoms with Crippen LogP contribution in [0.25, 0.3) is 5.57 Å². The van der Waals surface area contributed by atoms with Crippen molar-refractivity contribution < 1.29 is 19.0 Å². The van der Waals surface area contributed by atoms with Crippen molar-refractivity contribution in [2.24, 2.45) is 5.10 Å². The molecule has 5 rings (SSSR count). The quantitative estimate of drug-likeness (QED) is 0.443. The van der Waals surface area contributed by atoms with E-state index >= 15 is 0 Å². The number of amidine groups is 1. The lowest BCUT2D eigenvalue weighted by Gasteiger charge is -2.36. The number of hydrogen-bond donors (Lipinski definition) is 4. The van der Waals surface area contributed by atoms with E-state index in [4.69, 9.17) is 10.1 Å². The van der Waals surface area contributed by atoms with Crippen LogP contribution in [0.4, 0.5) is 10.2 Å². The average molecular weight is 518 g/mol. The number of hydrazone groups is 1. The third-order valence-corrected chi connectivity index (χ3v) is 6.49. The van der Waals surface area contributed by atoms with Crippen LogP contribution in [0.3, 0.4) is 0 Å². The van der Waals surface area contributed by atoms with Crippen LogP contribution in [0.5, 0.6) is 0 Å². The minimum absolute atomic E-state index is 0.0594. The summed E-state index contributed by atoms with van der Waals surface area (Å²) < 4.78 is 18.1. The molecule has 3 aliphatic rings. The van der Waals surface area contributed by atoms with Gasteiger partial charge in [-0.05, 0) is 23.8 Å². The molecule has 1 saturated heterocycles. The van der Waals surface area contributed by atoms with E-state index in [2.05, 4.69) is 25.7 Å². The van der Waals surface area contributed by atoms with Gasteiger partial charge in [0, 0.05) is 49.7 Å². The first-order valence-corrected chi connectivity index (χ1v) is 12.3. The van der Waals surface area contributed by atoms with Gasteiger partial charge in [0.25, 0.3) is 5.91 Å². The number of ether oxygens (including phenoxy) is 1. The molecular formula is C27H28FN7O3. The predicted octanol–water partition coefficient (Wildman–Crippen LogP) is 2.10. The maximum Gasteiger partial charge on any atom is 0.256 e. The van der Waals surface area contributed by atoms with E-state index in [0.29, 0.717) is 48.8 Å². The lowest BCUT2D eigenvalue weighted by Crippen LogP contribution is -2.50. The normalized spacial score (nSPS) is 19.9. The number of amides is 1.